The second-order valence-electron chi connectivity index (χ2n) is 3.33. The van der Waals surface area contributed by atoms with E-state index in [1.54, 1.807) is 30.4 Å². The Balaban J connectivity index is 2.44. The zero-order valence-electron chi connectivity index (χ0n) is 7.58. The topological polar surface area (TPSA) is 0 Å². The molecule has 1 aliphatic carbocycles. The highest BCUT2D eigenvalue weighted by atomic mass is 19.1. The first-order valence-corrected chi connectivity index (χ1v) is 4.51. The highest BCUT2D eigenvalue weighted by molar-refractivity contribution is 5.33. The van der Waals surface area contributed by atoms with Gasteiger partial charge in [-0.2, -0.15) is 0 Å². The van der Waals surface area contributed by atoms with Gasteiger partial charge in [0.05, 0.1) is 0 Å². The third kappa shape index (κ3) is 1.48. The van der Waals surface area contributed by atoms with Crippen LogP contribution in [0.1, 0.15) is 12.0 Å². The average Bonchev–Trinajstić information content (AvgIpc) is 2.19. The minimum absolute atomic E-state index is 0.112. The third-order valence-corrected chi connectivity index (χ3v) is 2.34. The largest absolute Gasteiger partial charge is 0.234 e. The van der Waals surface area contributed by atoms with Crippen molar-refractivity contribution in [1.82, 2.24) is 0 Å². The lowest BCUT2D eigenvalue weighted by atomic mass is 9.89. The minimum atomic E-state index is -1.68. The zero-order chi connectivity index (χ0) is 10.0. The van der Waals surface area contributed by atoms with Gasteiger partial charge in [-0.1, -0.05) is 36.4 Å². The molecule has 1 aliphatic rings. The van der Waals surface area contributed by atoms with E-state index in [4.69, 9.17) is 0 Å². The van der Waals surface area contributed by atoms with E-state index in [0.717, 1.165) is 0 Å². The van der Waals surface area contributed by atoms with Crippen molar-refractivity contribution in [3.63, 3.8) is 0 Å². The summed E-state index contributed by atoms with van der Waals surface area (Å²) in [7, 11) is 0. The highest BCUT2D eigenvalue weighted by Gasteiger charge is 2.31. The van der Waals surface area contributed by atoms with Crippen LogP contribution in [0.4, 0.5) is 8.78 Å². The van der Waals surface area contributed by atoms with E-state index in [2.05, 4.69) is 0 Å². The van der Waals surface area contributed by atoms with Gasteiger partial charge in [0.15, 0.2) is 5.67 Å². The van der Waals surface area contributed by atoms with Gasteiger partial charge in [0.2, 0.25) is 0 Å². The first-order valence-electron chi connectivity index (χ1n) is 4.51. The molecule has 72 valence electrons. The highest BCUT2D eigenvalue weighted by Crippen LogP contribution is 2.35. The summed E-state index contributed by atoms with van der Waals surface area (Å²) in [6.07, 6.45) is 6.66. The van der Waals surface area contributed by atoms with Crippen LogP contribution in [0, 0.1) is 5.82 Å². The summed E-state index contributed by atoms with van der Waals surface area (Å²) in [6, 6.07) is 5.97. The molecule has 1 aromatic carbocycles. The fraction of sp³-hybridized carbons (Fsp3) is 0.167. The van der Waals surface area contributed by atoms with E-state index >= 15 is 0 Å². The van der Waals surface area contributed by atoms with Crippen LogP contribution >= 0.6 is 0 Å². The van der Waals surface area contributed by atoms with Crippen LogP contribution in [0.15, 0.2) is 48.6 Å². The zero-order valence-corrected chi connectivity index (χ0v) is 7.58. The molecule has 0 aromatic heterocycles. The Morgan fingerprint density at radius 2 is 1.93 bits per heavy atom. The van der Waals surface area contributed by atoms with Crippen LogP contribution in [0.3, 0.4) is 0 Å². The standard InChI is InChI=1S/C12H10F2/c13-11-7-3-2-6-10(11)12(14)8-4-1-5-9-12/h1-8H,9H2. The van der Waals surface area contributed by atoms with Crippen LogP contribution in [-0.2, 0) is 5.67 Å². The summed E-state index contributed by atoms with van der Waals surface area (Å²) < 4.78 is 27.5. The van der Waals surface area contributed by atoms with Gasteiger partial charge < -0.3 is 0 Å². The number of benzene rings is 1. The minimum Gasteiger partial charge on any atom is -0.234 e. The second kappa shape index (κ2) is 3.37. The van der Waals surface area contributed by atoms with Crippen molar-refractivity contribution in [3.05, 3.63) is 60.0 Å². The summed E-state index contributed by atoms with van der Waals surface area (Å²) in [6.45, 7) is 0. The van der Waals surface area contributed by atoms with Crippen molar-refractivity contribution < 1.29 is 8.78 Å². The Morgan fingerprint density at radius 3 is 2.57 bits per heavy atom. The Hall–Kier alpha value is -1.44. The molecule has 0 saturated carbocycles. The Bertz CT molecular complexity index is 393. The Kier molecular flexibility index (Phi) is 2.20. The Labute approximate surface area is 81.6 Å². The first kappa shape index (κ1) is 9.13. The van der Waals surface area contributed by atoms with E-state index < -0.39 is 11.5 Å². The van der Waals surface area contributed by atoms with E-state index in [1.165, 1.54) is 18.2 Å². The summed E-state index contributed by atoms with van der Waals surface area (Å²) in [5.74, 6) is -0.491. The van der Waals surface area contributed by atoms with Crippen molar-refractivity contribution in [3.8, 4) is 0 Å². The van der Waals surface area contributed by atoms with Crippen LogP contribution in [0.5, 0.6) is 0 Å². The second-order valence-corrected chi connectivity index (χ2v) is 3.33. The Morgan fingerprint density at radius 1 is 1.14 bits per heavy atom. The number of rotatable bonds is 1. The summed E-state index contributed by atoms with van der Waals surface area (Å²) >= 11 is 0. The van der Waals surface area contributed by atoms with Gasteiger partial charge in [0.1, 0.15) is 5.82 Å². The fourth-order valence-corrected chi connectivity index (χ4v) is 1.59. The van der Waals surface area contributed by atoms with Crippen LogP contribution < -0.4 is 0 Å². The number of alkyl halides is 1. The molecule has 0 heterocycles. The van der Waals surface area contributed by atoms with E-state index in [9.17, 15) is 8.78 Å². The molecule has 0 fully saturated rings. The maximum atomic E-state index is 14.2. The normalized spacial score (nSPS) is 25.3. The molecule has 1 unspecified atom stereocenters. The van der Waals surface area contributed by atoms with Gasteiger partial charge in [0, 0.05) is 12.0 Å². The molecule has 0 radical (unpaired) electrons. The molecule has 1 atom stereocenters. The van der Waals surface area contributed by atoms with Crippen LogP contribution in [0.2, 0.25) is 0 Å². The number of hydrogen-bond acceptors (Lipinski definition) is 0. The lowest BCUT2D eigenvalue weighted by Crippen LogP contribution is -2.19. The molecule has 0 N–H and O–H groups in total. The molecule has 0 nitrogen and oxygen atoms in total. The maximum Gasteiger partial charge on any atom is 0.160 e. The molecule has 0 bridgehead atoms. The number of allylic oxidation sites excluding steroid dienone is 4. The number of hydrogen-bond donors (Lipinski definition) is 0. The van der Waals surface area contributed by atoms with Gasteiger partial charge in [-0.15, -0.1) is 0 Å². The molecule has 1 aromatic rings. The monoisotopic (exact) mass is 192 g/mol. The molecule has 2 heteroatoms. The van der Waals surface area contributed by atoms with Crippen molar-refractivity contribution in [2.24, 2.45) is 0 Å². The quantitative estimate of drug-likeness (QED) is 0.638. The van der Waals surface area contributed by atoms with Crippen LogP contribution in [0.25, 0.3) is 0 Å². The van der Waals surface area contributed by atoms with Crippen molar-refractivity contribution in [2.75, 3.05) is 0 Å². The summed E-state index contributed by atoms with van der Waals surface area (Å²) in [5.41, 5.74) is -1.57. The van der Waals surface area contributed by atoms with Crippen molar-refractivity contribution in [2.45, 2.75) is 12.1 Å². The lowest BCUT2D eigenvalue weighted by Gasteiger charge is -2.22. The molecular weight excluding hydrogens is 182 g/mol. The molecule has 0 spiro atoms. The van der Waals surface area contributed by atoms with Gasteiger partial charge in [-0.25, -0.2) is 8.78 Å². The molecule has 0 saturated heterocycles. The first-order chi connectivity index (χ1) is 6.72. The predicted molar refractivity (Wildman–Crippen MR) is 52.1 cm³/mol. The molecule has 0 aliphatic heterocycles. The summed E-state index contributed by atoms with van der Waals surface area (Å²) in [5, 5.41) is 0. The van der Waals surface area contributed by atoms with Crippen LogP contribution in [-0.4, -0.2) is 0 Å². The molecule has 14 heavy (non-hydrogen) atoms. The van der Waals surface area contributed by atoms with Crippen molar-refractivity contribution >= 4 is 0 Å². The SMILES string of the molecule is Fc1ccccc1C1(F)C=CC=CC1. The van der Waals surface area contributed by atoms with Gasteiger partial charge in [-0.05, 0) is 12.1 Å². The van der Waals surface area contributed by atoms with E-state index in [-0.39, 0.29) is 12.0 Å². The number of halogens is 2. The fourth-order valence-electron chi connectivity index (χ4n) is 1.59. The van der Waals surface area contributed by atoms with E-state index in [1.807, 2.05) is 0 Å². The van der Waals surface area contributed by atoms with Gasteiger partial charge in [-0.3, -0.25) is 0 Å². The lowest BCUT2D eigenvalue weighted by molar-refractivity contribution is 0.228. The van der Waals surface area contributed by atoms with Crippen molar-refractivity contribution in [1.29, 1.82) is 0 Å². The third-order valence-electron chi connectivity index (χ3n) is 2.34. The average molecular weight is 192 g/mol. The molecular formula is C12H10F2. The molecule has 2 rings (SSSR count). The molecule has 0 amide bonds. The summed E-state index contributed by atoms with van der Waals surface area (Å²) in [4.78, 5) is 0. The van der Waals surface area contributed by atoms with E-state index in [0.29, 0.717) is 0 Å². The predicted octanol–water partition coefficient (Wildman–Crippen LogP) is 3.51. The van der Waals surface area contributed by atoms with Gasteiger partial charge in [0.25, 0.3) is 0 Å². The van der Waals surface area contributed by atoms with Gasteiger partial charge >= 0.3 is 0 Å². The smallest absolute Gasteiger partial charge is 0.160 e. The maximum absolute atomic E-state index is 14.2.